The molecule has 0 aromatic heterocycles. The molecule has 2 atom stereocenters. The van der Waals surface area contributed by atoms with Crippen LogP contribution in [0.4, 0.5) is 0 Å². The fraction of sp³-hybridized carbons (Fsp3) is 1.00. The van der Waals surface area contributed by atoms with Crippen molar-refractivity contribution in [2.45, 2.75) is 45.3 Å². The van der Waals surface area contributed by atoms with Gasteiger partial charge in [0.1, 0.15) is 0 Å². The van der Waals surface area contributed by atoms with Crippen molar-refractivity contribution < 1.29 is 4.74 Å². The molecule has 0 saturated carbocycles. The summed E-state index contributed by atoms with van der Waals surface area (Å²) in [5.74, 6) is 0.857. The molecule has 76 valence electrons. The van der Waals surface area contributed by atoms with Gasteiger partial charge in [-0.15, -0.1) is 0 Å². The SMILES string of the molecule is CC(C)CCCN1C[C@@H]2C[C@H]1CO2. The Morgan fingerprint density at radius 1 is 1.46 bits per heavy atom. The highest BCUT2D eigenvalue weighted by Gasteiger charge is 2.38. The Hall–Kier alpha value is -0.0800. The fourth-order valence-electron chi connectivity index (χ4n) is 2.46. The highest BCUT2D eigenvalue weighted by Crippen LogP contribution is 2.27. The van der Waals surface area contributed by atoms with E-state index in [1.165, 1.54) is 32.4 Å². The van der Waals surface area contributed by atoms with E-state index in [0.717, 1.165) is 18.6 Å². The van der Waals surface area contributed by atoms with Crippen LogP contribution in [-0.2, 0) is 4.74 Å². The summed E-state index contributed by atoms with van der Waals surface area (Å²) >= 11 is 0. The van der Waals surface area contributed by atoms with Crippen molar-refractivity contribution in [1.29, 1.82) is 0 Å². The third-order valence-electron chi connectivity index (χ3n) is 3.24. The van der Waals surface area contributed by atoms with E-state index in [-0.39, 0.29) is 0 Å². The standard InChI is InChI=1S/C11H21NO/c1-9(2)4-3-5-12-7-11-6-10(12)8-13-11/h9-11H,3-8H2,1-2H3/t10-,11-/m0/s1. The van der Waals surface area contributed by atoms with Gasteiger partial charge in [-0.3, -0.25) is 4.90 Å². The van der Waals surface area contributed by atoms with Gasteiger partial charge in [-0.2, -0.15) is 0 Å². The first kappa shape index (κ1) is 9.47. The van der Waals surface area contributed by atoms with Crippen molar-refractivity contribution in [2.24, 2.45) is 5.92 Å². The Bertz CT molecular complexity index is 169. The minimum atomic E-state index is 0.573. The van der Waals surface area contributed by atoms with E-state index in [4.69, 9.17) is 4.74 Å². The van der Waals surface area contributed by atoms with Gasteiger partial charge in [0.05, 0.1) is 12.7 Å². The summed E-state index contributed by atoms with van der Waals surface area (Å²) in [5, 5.41) is 0. The number of fused-ring (bicyclic) bond motifs is 2. The second-order valence-electron chi connectivity index (χ2n) is 4.88. The molecule has 0 radical (unpaired) electrons. The fourth-order valence-corrected chi connectivity index (χ4v) is 2.46. The maximum absolute atomic E-state index is 5.57. The third-order valence-corrected chi connectivity index (χ3v) is 3.24. The number of rotatable bonds is 4. The van der Waals surface area contributed by atoms with Crippen LogP contribution >= 0.6 is 0 Å². The molecule has 2 aliphatic rings. The summed E-state index contributed by atoms with van der Waals surface area (Å²) in [6.07, 6.45) is 4.60. The number of hydrogen-bond donors (Lipinski definition) is 0. The summed E-state index contributed by atoms with van der Waals surface area (Å²) in [6, 6.07) is 0.761. The summed E-state index contributed by atoms with van der Waals surface area (Å²) in [6.45, 7) is 8.09. The minimum Gasteiger partial charge on any atom is -0.375 e. The first-order valence-electron chi connectivity index (χ1n) is 5.61. The molecule has 0 N–H and O–H groups in total. The zero-order valence-corrected chi connectivity index (χ0v) is 8.83. The number of nitrogens with zero attached hydrogens (tertiary/aromatic N) is 1. The molecule has 0 aromatic rings. The second-order valence-corrected chi connectivity index (χ2v) is 4.88. The Kier molecular flexibility index (Phi) is 2.89. The van der Waals surface area contributed by atoms with E-state index >= 15 is 0 Å². The van der Waals surface area contributed by atoms with Gasteiger partial charge in [0, 0.05) is 12.6 Å². The molecule has 2 fully saturated rings. The Morgan fingerprint density at radius 2 is 2.31 bits per heavy atom. The van der Waals surface area contributed by atoms with Crippen molar-refractivity contribution in [3.63, 3.8) is 0 Å². The molecule has 13 heavy (non-hydrogen) atoms. The highest BCUT2D eigenvalue weighted by atomic mass is 16.5. The van der Waals surface area contributed by atoms with Crippen LogP contribution in [0.15, 0.2) is 0 Å². The van der Waals surface area contributed by atoms with Gasteiger partial charge >= 0.3 is 0 Å². The smallest absolute Gasteiger partial charge is 0.0718 e. The van der Waals surface area contributed by atoms with E-state index < -0.39 is 0 Å². The molecule has 2 nitrogen and oxygen atoms in total. The topological polar surface area (TPSA) is 12.5 Å². The van der Waals surface area contributed by atoms with Crippen molar-refractivity contribution in [1.82, 2.24) is 4.90 Å². The zero-order valence-electron chi connectivity index (χ0n) is 8.83. The van der Waals surface area contributed by atoms with E-state index in [1.807, 2.05) is 0 Å². The average molecular weight is 183 g/mol. The summed E-state index contributed by atoms with van der Waals surface area (Å²) < 4.78 is 5.57. The number of likely N-dealkylation sites (tertiary alicyclic amines) is 1. The van der Waals surface area contributed by atoms with Crippen LogP contribution in [0.3, 0.4) is 0 Å². The van der Waals surface area contributed by atoms with Gasteiger partial charge in [-0.25, -0.2) is 0 Å². The van der Waals surface area contributed by atoms with E-state index in [1.54, 1.807) is 0 Å². The molecule has 2 aliphatic heterocycles. The van der Waals surface area contributed by atoms with Gasteiger partial charge in [0.25, 0.3) is 0 Å². The first-order chi connectivity index (χ1) is 6.25. The van der Waals surface area contributed by atoms with Crippen molar-refractivity contribution in [2.75, 3.05) is 19.7 Å². The molecule has 2 saturated heterocycles. The largest absolute Gasteiger partial charge is 0.375 e. The first-order valence-corrected chi connectivity index (χ1v) is 5.61. The van der Waals surface area contributed by atoms with Crippen LogP contribution in [0.5, 0.6) is 0 Å². The summed E-state index contributed by atoms with van der Waals surface area (Å²) in [5.41, 5.74) is 0. The Labute approximate surface area is 81.3 Å². The molecule has 0 spiro atoms. The lowest BCUT2D eigenvalue weighted by Crippen LogP contribution is -2.37. The minimum absolute atomic E-state index is 0.573. The van der Waals surface area contributed by atoms with Gasteiger partial charge in [-0.05, 0) is 31.7 Å². The molecular formula is C11H21NO. The molecular weight excluding hydrogens is 162 g/mol. The lowest BCUT2D eigenvalue weighted by Gasteiger charge is -2.26. The van der Waals surface area contributed by atoms with Gasteiger partial charge in [0.2, 0.25) is 0 Å². The maximum Gasteiger partial charge on any atom is 0.0718 e. The molecule has 0 aliphatic carbocycles. The molecule has 2 heterocycles. The number of morpholine rings is 1. The van der Waals surface area contributed by atoms with Crippen molar-refractivity contribution in [3.05, 3.63) is 0 Å². The lowest BCUT2D eigenvalue weighted by atomic mass is 10.1. The van der Waals surface area contributed by atoms with Crippen LogP contribution in [0.25, 0.3) is 0 Å². The van der Waals surface area contributed by atoms with Crippen LogP contribution in [-0.4, -0.2) is 36.7 Å². The molecule has 2 rings (SSSR count). The van der Waals surface area contributed by atoms with Crippen LogP contribution < -0.4 is 0 Å². The highest BCUT2D eigenvalue weighted by molar-refractivity contribution is 4.91. The van der Waals surface area contributed by atoms with Gasteiger partial charge < -0.3 is 4.74 Å². The van der Waals surface area contributed by atoms with Gasteiger partial charge in [0.15, 0.2) is 0 Å². The predicted octanol–water partition coefficient (Wildman–Crippen LogP) is 1.90. The summed E-state index contributed by atoms with van der Waals surface area (Å²) in [4.78, 5) is 2.62. The number of ether oxygens (including phenoxy) is 1. The number of hydrogen-bond acceptors (Lipinski definition) is 2. The molecule has 0 aromatic carbocycles. The van der Waals surface area contributed by atoms with Crippen molar-refractivity contribution in [3.8, 4) is 0 Å². The lowest BCUT2D eigenvalue weighted by molar-refractivity contribution is 0.0297. The maximum atomic E-state index is 5.57. The van der Waals surface area contributed by atoms with Crippen LogP contribution in [0.2, 0.25) is 0 Å². The van der Waals surface area contributed by atoms with Gasteiger partial charge in [-0.1, -0.05) is 13.8 Å². The Balaban J connectivity index is 1.66. The zero-order chi connectivity index (χ0) is 9.26. The third kappa shape index (κ3) is 2.23. The molecule has 0 amide bonds. The average Bonchev–Trinajstić information content (AvgIpc) is 2.64. The van der Waals surface area contributed by atoms with Crippen LogP contribution in [0.1, 0.15) is 33.1 Å². The quantitative estimate of drug-likeness (QED) is 0.660. The summed E-state index contributed by atoms with van der Waals surface area (Å²) in [7, 11) is 0. The Morgan fingerprint density at radius 3 is 2.85 bits per heavy atom. The van der Waals surface area contributed by atoms with E-state index in [2.05, 4.69) is 18.7 Å². The van der Waals surface area contributed by atoms with Crippen LogP contribution in [0, 0.1) is 5.92 Å². The van der Waals surface area contributed by atoms with Crippen molar-refractivity contribution >= 4 is 0 Å². The normalized spacial score (nSPS) is 33.5. The molecule has 0 unspecified atom stereocenters. The molecule has 2 heteroatoms. The molecule has 2 bridgehead atoms. The second kappa shape index (κ2) is 3.97. The van der Waals surface area contributed by atoms with E-state index in [9.17, 15) is 0 Å². The predicted molar refractivity (Wildman–Crippen MR) is 53.8 cm³/mol. The monoisotopic (exact) mass is 183 g/mol. The van der Waals surface area contributed by atoms with E-state index in [0.29, 0.717) is 6.10 Å².